The summed E-state index contributed by atoms with van der Waals surface area (Å²) in [7, 11) is 0. The Bertz CT molecular complexity index is 429. The smallest absolute Gasteiger partial charge is 0.306 e. The van der Waals surface area contributed by atoms with Gasteiger partial charge in [-0.05, 0) is 24.3 Å². The van der Waals surface area contributed by atoms with Crippen LogP contribution in [0, 0.1) is 6.20 Å². The van der Waals surface area contributed by atoms with Crippen LogP contribution in [-0.2, 0) is 6.18 Å². The minimum atomic E-state index is -4.29. The molecule has 0 fully saturated rings. The van der Waals surface area contributed by atoms with E-state index in [1.54, 1.807) is 10.8 Å². The monoisotopic (exact) mass is 211 g/mol. The summed E-state index contributed by atoms with van der Waals surface area (Å²) in [6, 6.07) is 4.85. The molecule has 2 rings (SSSR count). The molecule has 0 N–H and O–H groups in total. The van der Waals surface area contributed by atoms with Gasteiger partial charge in [0.25, 0.3) is 0 Å². The van der Waals surface area contributed by atoms with Crippen molar-refractivity contribution in [2.45, 2.75) is 6.18 Å². The highest BCUT2D eigenvalue weighted by Gasteiger charge is 2.29. The molecular formula is C10H6F3N2. The van der Waals surface area contributed by atoms with Crippen molar-refractivity contribution in [2.75, 3.05) is 0 Å². The van der Waals surface area contributed by atoms with Crippen molar-refractivity contribution in [2.24, 2.45) is 0 Å². The van der Waals surface area contributed by atoms with E-state index in [1.165, 1.54) is 18.5 Å². The summed E-state index contributed by atoms with van der Waals surface area (Å²) >= 11 is 0. The maximum absolute atomic E-state index is 12.2. The van der Waals surface area contributed by atoms with Crippen LogP contribution in [0.5, 0.6) is 0 Å². The Hall–Kier alpha value is -1.78. The lowest BCUT2D eigenvalue weighted by Crippen LogP contribution is -2.04. The number of hydrogen-bond donors (Lipinski definition) is 0. The van der Waals surface area contributed by atoms with Crippen molar-refractivity contribution in [1.82, 2.24) is 9.55 Å². The van der Waals surface area contributed by atoms with Gasteiger partial charge in [0.1, 0.15) is 6.20 Å². The second-order valence-corrected chi connectivity index (χ2v) is 2.95. The number of hydrogen-bond acceptors (Lipinski definition) is 1. The fourth-order valence-electron chi connectivity index (χ4n) is 1.19. The molecule has 0 saturated carbocycles. The Balaban J connectivity index is 2.33. The molecule has 0 aliphatic rings. The zero-order chi connectivity index (χ0) is 10.9. The maximum atomic E-state index is 12.2. The molecular weight excluding hydrogens is 205 g/mol. The first kappa shape index (κ1) is 9.76. The second kappa shape index (κ2) is 3.42. The van der Waals surface area contributed by atoms with E-state index in [0.717, 1.165) is 12.1 Å². The molecule has 1 radical (unpaired) electrons. The first-order valence-corrected chi connectivity index (χ1v) is 4.15. The van der Waals surface area contributed by atoms with Crippen LogP contribution in [-0.4, -0.2) is 9.55 Å². The standard InChI is InChI=1S/C10H6F3N2/c11-10(12,13)8-1-3-9(4-2-8)15-6-5-14-7-15/h1-4,6-7H. The summed E-state index contributed by atoms with van der Waals surface area (Å²) in [5.74, 6) is 0. The Morgan fingerprint density at radius 1 is 1.13 bits per heavy atom. The van der Waals surface area contributed by atoms with Crippen LogP contribution in [0.2, 0.25) is 0 Å². The molecule has 0 atom stereocenters. The average Bonchev–Trinajstić information content (AvgIpc) is 2.69. The molecule has 77 valence electrons. The van der Waals surface area contributed by atoms with Crippen LogP contribution in [0.3, 0.4) is 0 Å². The molecule has 0 unspecified atom stereocenters. The molecule has 0 aliphatic carbocycles. The molecule has 1 aromatic heterocycles. The van der Waals surface area contributed by atoms with Gasteiger partial charge in [-0.15, -0.1) is 0 Å². The normalized spacial score (nSPS) is 11.7. The van der Waals surface area contributed by atoms with E-state index in [9.17, 15) is 13.2 Å². The largest absolute Gasteiger partial charge is 0.416 e. The van der Waals surface area contributed by atoms with E-state index in [4.69, 9.17) is 0 Å². The summed E-state index contributed by atoms with van der Waals surface area (Å²) in [5.41, 5.74) is -0.0351. The van der Waals surface area contributed by atoms with Crippen LogP contribution in [0.1, 0.15) is 5.56 Å². The first-order valence-electron chi connectivity index (χ1n) is 4.15. The van der Waals surface area contributed by atoms with Gasteiger partial charge in [-0.3, -0.25) is 0 Å². The van der Waals surface area contributed by atoms with Crippen LogP contribution in [0.15, 0.2) is 36.8 Å². The summed E-state index contributed by atoms with van der Waals surface area (Å²) in [5, 5.41) is 0. The number of imidazole rings is 1. The molecule has 15 heavy (non-hydrogen) atoms. The van der Waals surface area contributed by atoms with E-state index >= 15 is 0 Å². The first-order chi connectivity index (χ1) is 7.07. The second-order valence-electron chi connectivity index (χ2n) is 2.95. The van der Waals surface area contributed by atoms with Gasteiger partial charge in [0, 0.05) is 11.9 Å². The van der Waals surface area contributed by atoms with E-state index < -0.39 is 11.7 Å². The van der Waals surface area contributed by atoms with Gasteiger partial charge in [-0.25, -0.2) is 4.98 Å². The van der Waals surface area contributed by atoms with Gasteiger partial charge in [-0.1, -0.05) is 0 Å². The molecule has 1 aromatic carbocycles. The topological polar surface area (TPSA) is 17.8 Å². The third kappa shape index (κ3) is 2.01. The van der Waals surface area contributed by atoms with Crippen molar-refractivity contribution in [1.29, 1.82) is 0 Å². The van der Waals surface area contributed by atoms with Crippen molar-refractivity contribution in [3.05, 3.63) is 48.5 Å². The Labute approximate surface area is 84.0 Å². The molecule has 0 aliphatic heterocycles. The van der Waals surface area contributed by atoms with E-state index in [-0.39, 0.29) is 0 Å². The van der Waals surface area contributed by atoms with Crippen LogP contribution < -0.4 is 0 Å². The van der Waals surface area contributed by atoms with E-state index in [2.05, 4.69) is 11.2 Å². The van der Waals surface area contributed by atoms with Gasteiger partial charge in [0.05, 0.1) is 11.9 Å². The molecule has 2 aromatic rings. The van der Waals surface area contributed by atoms with Crippen LogP contribution >= 0.6 is 0 Å². The lowest BCUT2D eigenvalue weighted by molar-refractivity contribution is -0.137. The number of halogens is 3. The lowest BCUT2D eigenvalue weighted by Gasteiger charge is -2.07. The number of rotatable bonds is 1. The molecule has 0 spiro atoms. The summed E-state index contributed by atoms with van der Waals surface area (Å²) < 4.78 is 38.3. The van der Waals surface area contributed by atoms with Crippen molar-refractivity contribution in [3.63, 3.8) is 0 Å². The zero-order valence-electron chi connectivity index (χ0n) is 7.49. The molecule has 0 amide bonds. The van der Waals surface area contributed by atoms with Gasteiger partial charge in [0.15, 0.2) is 0 Å². The predicted molar refractivity (Wildman–Crippen MR) is 47.4 cm³/mol. The number of nitrogens with zero attached hydrogens (tertiary/aromatic N) is 2. The van der Waals surface area contributed by atoms with Crippen molar-refractivity contribution in [3.8, 4) is 5.69 Å². The highest BCUT2D eigenvalue weighted by Crippen LogP contribution is 2.29. The molecule has 0 saturated heterocycles. The minimum absolute atomic E-state index is 0.622. The Kier molecular flexibility index (Phi) is 2.22. The van der Waals surface area contributed by atoms with Gasteiger partial charge < -0.3 is 4.57 Å². The number of aromatic nitrogens is 2. The lowest BCUT2D eigenvalue weighted by atomic mass is 10.2. The maximum Gasteiger partial charge on any atom is 0.416 e. The van der Waals surface area contributed by atoms with Gasteiger partial charge in [0.2, 0.25) is 0 Å². The molecule has 0 bridgehead atoms. The molecule has 2 nitrogen and oxygen atoms in total. The van der Waals surface area contributed by atoms with Crippen molar-refractivity contribution < 1.29 is 13.2 Å². The van der Waals surface area contributed by atoms with Gasteiger partial charge >= 0.3 is 6.18 Å². The average molecular weight is 211 g/mol. The van der Waals surface area contributed by atoms with Crippen LogP contribution in [0.25, 0.3) is 5.69 Å². The predicted octanol–water partition coefficient (Wildman–Crippen LogP) is 2.69. The summed E-state index contributed by atoms with van der Waals surface area (Å²) in [6.07, 6.45) is 1.29. The Morgan fingerprint density at radius 2 is 1.80 bits per heavy atom. The van der Waals surface area contributed by atoms with Crippen LogP contribution in [0.4, 0.5) is 13.2 Å². The third-order valence-electron chi connectivity index (χ3n) is 1.95. The minimum Gasteiger partial charge on any atom is -0.306 e. The SMILES string of the molecule is FC(F)(F)c1ccc(-n2c[c]nc2)cc1. The molecule has 1 heterocycles. The summed E-state index contributed by atoms with van der Waals surface area (Å²) in [6.45, 7) is 0. The fraction of sp³-hybridized carbons (Fsp3) is 0.100. The fourth-order valence-corrected chi connectivity index (χ4v) is 1.19. The highest BCUT2D eigenvalue weighted by atomic mass is 19.4. The highest BCUT2D eigenvalue weighted by molar-refractivity contribution is 5.35. The van der Waals surface area contributed by atoms with Gasteiger partial charge in [-0.2, -0.15) is 13.2 Å². The molecule has 5 heteroatoms. The van der Waals surface area contributed by atoms with E-state index in [1.807, 2.05) is 0 Å². The number of alkyl halides is 3. The summed E-state index contributed by atoms with van der Waals surface area (Å²) in [4.78, 5) is 3.69. The van der Waals surface area contributed by atoms with Crippen molar-refractivity contribution >= 4 is 0 Å². The number of benzene rings is 1. The third-order valence-corrected chi connectivity index (χ3v) is 1.95. The van der Waals surface area contributed by atoms with E-state index in [0.29, 0.717) is 5.69 Å². The zero-order valence-corrected chi connectivity index (χ0v) is 7.49. The quantitative estimate of drug-likeness (QED) is 0.709. The Morgan fingerprint density at radius 3 is 2.27 bits per heavy atom.